The molecule has 1 atom stereocenters. The van der Waals surface area contributed by atoms with Crippen molar-refractivity contribution < 1.29 is 9.53 Å². The molecule has 2 rings (SSSR count). The molecule has 1 N–H and O–H groups in total. The van der Waals surface area contributed by atoms with E-state index in [-0.39, 0.29) is 17.8 Å². The second-order valence-corrected chi connectivity index (χ2v) is 5.00. The van der Waals surface area contributed by atoms with Crippen LogP contribution in [0.25, 0.3) is 0 Å². The van der Waals surface area contributed by atoms with E-state index in [1.165, 1.54) is 0 Å². The number of benzene rings is 2. The van der Waals surface area contributed by atoms with Gasteiger partial charge < -0.3 is 10.1 Å². The second kappa shape index (κ2) is 7.70. The van der Waals surface area contributed by atoms with Gasteiger partial charge in [-0.15, -0.1) is 11.6 Å². The maximum Gasteiger partial charge on any atom is 0.235 e. The van der Waals surface area contributed by atoms with Crippen molar-refractivity contribution in [1.82, 2.24) is 5.32 Å². The van der Waals surface area contributed by atoms with E-state index in [1.807, 2.05) is 61.5 Å². The lowest BCUT2D eigenvalue weighted by Crippen LogP contribution is -2.27. The molecular formula is C17H18ClNO2. The number of alkyl halides is 1. The average Bonchev–Trinajstić information content (AvgIpc) is 2.54. The van der Waals surface area contributed by atoms with E-state index in [0.29, 0.717) is 6.61 Å². The molecule has 0 aliphatic carbocycles. The molecule has 0 fully saturated rings. The average molecular weight is 304 g/mol. The number of nitrogens with one attached hydrogen (secondary N) is 1. The molecule has 3 nitrogen and oxygen atoms in total. The Hall–Kier alpha value is -2.00. The van der Waals surface area contributed by atoms with Gasteiger partial charge in [0.2, 0.25) is 5.91 Å². The van der Waals surface area contributed by atoms with Crippen LogP contribution in [0.15, 0.2) is 54.6 Å². The number of hydrogen-bond acceptors (Lipinski definition) is 2. The maximum absolute atomic E-state index is 11.4. The molecule has 1 amide bonds. The van der Waals surface area contributed by atoms with Crippen LogP contribution >= 0.6 is 11.6 Å². The van der Waals surface area contributed by atoms with E-state index in [9.17, 15) is 4.79 Å². The predicted molar refractivity (Wildman–Crippen MR) is 84.5 cm³/mol. The van der Waals surface area contributed by atoms with Gasteiger partial charge >= 0.3 is 0 Å². The molecule has 0 saturated heterocycles. The van der Waals surface area contributed by atoms with Gasteiger partial charge in [-0.25, -0.2) is 0 Å². The highest BCUT2D eigenvalue weighted by atomic mass is 35.5. The number of amides is 1. The number of halogens is 1. The predicted octanol–water partition coefficient (Wildman–Crippen LogP) is 3.68. The smallest absolute Gasteiger partial charge is 0.235 e. The number of para-hydroxylation sites is 1. The largest absolute Gasteiger partial charge is 0.489 e. The summed E-state index contributed by atoms with van der Waals surface area (Å²) in [5, 5.41) is 2.83. The summed E-state index contributed by atoms with van der Waals surface area (Å²) < 4.78 is 5.88. The van der Waals surface area contributed by atoms with Gasteiger partial charge in [0, 0.05) is 5.56 Å². The lowest BCUT2D eigenvalue weighted by atomic mass is 10.1. The normalized spacial score (nSPS) is 11.7. The molecule has 0 unspecified atom stereocenters. The summed E-state index contributed by atoms with van der Waals surface area (Å²) in [4.78, 5) is 11.4. The van der Waals surface area contributed by atoms with Crippen molar-refractivity contribution in [3.63, 3.8) is 0 Å². The van der Waals surface area contributed by atoms with Crippen molar-refractivity contribution in [3.8, 4) is 5.75 Å². The van der Waals surface area contributed by atoms with Crippen molar-refractivity contribution in [2.45, 2.75) is 19.6 Å². The first-order valence-corrected chi connectivity index (χ1v) is 7.35. The van der Waals surface area contributed by atoms with Gasteiger partial charge in [0.15, 0.2) is 0 Å². The Labute approximate surface area is 129 Å². The third-order valence-electron chi connectivity index (χ3n) is 3.12. The monoisotopic (exact) mass is 303 g/mol. The Morgan fingerprint density at radius 1 is 1.14 bits per heavy atom. The molecule has 0 saturated carbocycles. The van der Waals surface area contributed by atoms with E-state index in [1.54, 1.807) is 0 Å². The minimum absolute atomic E-state index is 0.0443. The molecule has 0 aliphatic rings. The van der Waals surface area contributed by atoms with Crippen LogP contribution in [0.3, 0.4) is 0 Å². The van der Waals surface area contributed by atoms with Gasteiger partial charge in [0.05, 0.1) is 6.04 Å². The Kier molecular flexibility index (Phi) is 5.64. The van der Waals surface area contributed by atoms with Crippen molar-refractivity contribution in [3.05, 3.63) is 65.7 Å². The van der Waals surface area contributed by atoms with Crippen LogP contribution in [-0.2, 0) is 11.4 Å². The highest BCUT2D eigenvalue weighted by molar-refractivity contribution is 6.27. The van der Waals surface area contributed by atoms with Crippen LogP contribution in [0.1, 0.15) is 24.1 Å². The van der Waals surface area contributed by atoms with E-state index in [4.69, 9.17) is 16.3 Å². The molecule has 2 aromatic carbocycles. The van der Waals surface area contributed by atoms with Crippen LogP contribution in [0.2, 0.25) is 0 Å². The number of ether oxygens (including phenoxy) is 1. The Balaban J connectivity index is 2.07. The standard InChI is InChI=1S/C17H18ClNO2/c1-13(19-17(20)11-18)15-9-5-6-10-16(15)21-12-14-7-3-2-4-8-14/h2-10,13H,11-12H2,1H3,(H,19,20)/t13-/m0/s1. The molecule has 0 heterocycles. The summed E-state index contributed by atoms with van der Waals surface area (Å²) in [6, 6.07) is 17.5. The highest BCUT2D eigenvalue weighted by Gasteiger charge is 2.13. The topological polar surface area (TPSA) is 38.3 Å². The van der Waals surface area contributed by atoms with Gasteiger partial charge in [-0.3, -0.25) is 4.79 Å². The molecule has 21 heavy (non-hydrogen) atoms. The third-order valence-corrected chi connectivity index (χ3v) is 3.36. The van der Waals surface area contributed by atoms with Crippen LogP contribution in [-0.4, -0.2) is 11.8 Å². The first-order chi connectivity index (χ1) is 10.2. The van der Waals surface area contributed by atoms with Crippen LogP contribution < -0.4 is 10.1 Å². The summed E-state index contributed by atoms with van der Waals surface area (Å²) in [5.41, 5.74) is 2.04. The third kappa shape index (κ3) is 4.50. The summed E-state index contributed by atoms with van der Waals surface area (Å²) in [7, 11) is 0. The van der Waals surface area contributed by atoms with Crippen molar-refractivity contribution in [2.24, 2.45) is 0 Å². The molecule has 0 aliphatic heterocycles. The fourth-order valence-corrected chi connectivity index (χ4v) is 2.14. The molecule has 110 valence electrons. The summed E-state index contributed by atoms with van der Waals surface area (Å²) >= 11 is 5.52. The fraction of sp³-hybridized carbons (Fsp3) is 0.235. The van der Waals surface area contributed by atoms with Crippen LogP contribution in [0.5, 0.6) is 5.75 Å². The fourth-order valence-electron chi connectivity index (χ4n) is 2.06. The molecule has 2 aromatic rings. The minimum Gasteiger partial charge on any atom is -0.489 e. The quantitative estimate of drug-likeness (QED) is 0.827. The zero-order valence-corrected chi connectivity index (χ0v) is 12.6. The Bertz CT molecular complexity index is 586. The number of hydrogen-bond donors (Lipinski definition) is 1. The molecule has 0 bridgehead atoms. The van der Waals surface area contributed by atoms with Gasteiger partial charge in [0.1, 0.15) is 18.2 Å². The van der Waals surface area contributed by atoms with Crippen LogP contribution in [0, 0.1) is 0 Å². The molecule has 0 aromatic heterocycles. The lowest BCUT2D eigenvalue weighted by Gasteiger charge is -2.18. The van der Waals surface area contributed by atoms with Gasteiger partial charge in [-0.1, -0.05) is 48.5 Å². The first-order valence-electron chi connectivity index (χ1n) is 6.81. The lowest BCUT2D eigenvalue weighted by molar-refractivity contribution is -0.119. The highest BCUT2D eigenvalue weighted by Crippen LogP contribution is 2.25. The summed E-state index contributed by atoms with van der Waals surface area (Å²) in [6.45, 7) is 2.41. The maximum atomic E-state index is 11.4. The van der Waals surface area contributed by atoms with E-state index >= 15 is 0 Å². The van der Waals surface area contributed by atoms with Crippen molar-refractivity contribution >= 4 is 17.5 Å². The SMILES string of the molecule is C[C@H](NC(=O)CCl)c1ccccc1OCc1ccccc1. The Morgan fingerprint density at radius 2 is 1.81 bits per heavy atom. The van der Waals surface area contributed by atoms with E-state index in [2.05, 4.69) is 5.32 Å². The molecule has 0 spiro atoms. The first kappa shape index (κ1) is 15.4. The summed E-state index contributed by atoms with van der Waals surface area (Å²) in [5.74, 6) is 0.531. The zero-order chi connectivity index (χ0) is 15.1. The number of carbonyl (C=O) groups is 1. The molecular weight excluding hydrogens is 286 g/mol. The van der Waals surface area contributed by atoms with Gasteiger partial charge in [0.25, 0.3) is 0 Å². The minimum atomic E-state index is -0.193. The van der Waals surface area contributed by atoms with E-state index < -0.39 is 0 Å². The number of rotatable bonds is 6. The summed E-state index contributed by atoms with van der Waals surface area (Å²) in [6.07, 6.45) is 0. The van der Waals surface area contributed by atoms with Crippen LogP contribution in [0.4, 0.5) is 0 Å². The second-order valence-electron chi connectivity index (χ2n) is 4.73. The Morgan fingerprint density at radius 3 is 2.52 bits per heavy atom. The number of carbonyl (C=O) groups excluding carboxylic acids is 1. The van der Waals surface area contributed by atoms with Gasteiger partial charge in [-0.2, -0.15) is 0 Å². The van der Waals surface area contributed by atoms with Gasteiger partial charge in [-0.05, 0) is 18.6 Å². The molecule has 4 heteroatoms. The van der Waals surface area contributed by atoms with Crippen molar-refractivity contribution in [2.75, 3.05) is 5.88 Å². The zero-order valence-electron chi connectivity index (χ0n) is 11.9. The molecule has 0 radical (unpaired) electrons. The van der Waals surface area contributed by atoms with Crippen molar-refractivity contribution in [1.29, 1.82) is 0 Å². The van der Waals surface area contributed by atoms with E-state index in [0.717, 1.165) is 16.9 Å².